The molecule has 1 saturated carbocycles. The topological polar surface area (TPSA) is 28.2 Å². The summed E-state index contributed by atoms with van der Waals surface area (Å²) in [7, 11) is 2.06. The van der Waals surface area contributed by atoms with E-state index in [1.165, 1.54) is 18.4 Å². The molecule has 0 amide bonds. The van der Waals surface area contributed by atoms with Crippen LogP contribution in [0.4, 0.5) is 5.69 Å². The van der Waals surface area contributed by atoms with Gasteiger partial charge in [0, 0.05) is 35.7 Å². The lowest BCUT2D eigenvalue weighted by Crippen LogP contribution is -2.18. The van der Waals surface area contributed by atoms with Gasteiger partial charge in [0.15, 0.2) is 0 Å². The van der Waals surface area contributed by atoms with Gasteiger partial charge in [-0.25, -0.2) is 4.98 Å². The highest BCUT2D eigenvalue weighted by Crippen LogP contribution is 2.25. The molecular weight excluding hydrogens is 290 g/mol. The van der Waals surface area contributed by atoms with Crippen LogP contribution in [-0.4, -0.2) is 18.1 Å². The molecule has 1 N–H and O–H groups in total. The zero-order valence-electron chi connectivity index (χ0n) is 11.5. The fourth-order valence-electron chi connectivity index (χ4n) is 2.11. The van der Waals surface area contributed by atoms with Crippen molar-refractivity contribution in [3.05, 3.63) is 45.4 Å². The van der Waals surface area contributed by atoms with Crippen LogP contribution in [0.25, 0.3) is 0 Å². The molecule has 0 radical (unpaired) electrons. The SMILES string of the molecule is CN(Cc1cscn1)c1ccc(CNC2CC2)c(Cl)c1. The molecule has 1 aromatic carbocycles. The molecule has 0 unspecified atom stereocenters. The molecule has 5 heteroatoms. The number of hydrogen-bond acceptors (Lipinski definition) is 4. The molecular formula is C15H18ClN3S. The summed E-state index contributed by atoms with van der Waals surface area (Å²) in [4.78, 5) is 6.48. The van der Waals surface area contributed by atoms with Crippen molar-refractivity contribution in [2.45, 2.75) is 32.0 Å². The maximum Gasteiger partial charge on any atom is 0.0795 e. The smallest absolute Gasteiger partial charge is 0.0795 e. The second kappa shape index (κ2) is 6.12. The monoisotopic (exact) mass is 307 g/mol. The highest BCUT2D eigenvalue weighted by atomic mass is 35.5. The Hall–Kier alpha value is -1.10. The Morgan fingerprint density at radius 1 is 1.45 bits per heavy atom. The lowest BCUT2D eigenvalue weighted by atomic mass is 10.2. The van der Waals surface area contributed by atoms with Crippen molar-refractivity contribution in [1.29, 1.82) is 0 Å². The lowest BCUT2D eigenvalue weighted by Gasteiger charge is -2.19. The van der Waals surface area contributed by atoms with Crippen LogP contribution in [0, 0.1) is 0 Å². The van der Waals surface area contributed by atoms with Crippen LogP contribution in [0.2, 0.25) is 5.02 Å². The number of benzene rings is 1. The number of rotatable bonds is 6. The van der Waals surface area contributed by atoms with E-state index in [1.54, 1.807) is 11.3 Å². The maximum absolute atomic E-state index is 6.38. The van der Waals surface area contributed by atoms with Gasteiger partial charge < -0.3 is 10.2 Å². The molecule has 1 heterocycles. The van der Waals surface area contributed by atoms with E-state index in [4.69, 9.17) is 11.6 Å². The molecule has 0 bridgehead atoms. The molecule has 3 rings (SSSR count). The summed E-state index contributed by atoms with van der Waals surface area (Å²) in [5.41, 5.74) is 5.25. The van der Waals surface area contributed by atoms with E-state index >= 15 is 0 Å². The van der Waals surface area contributed by atoms with Gasteiger partial charge >= 0.3 is 0 Å². The Morgan fingerprint density at radius 3 is 2.95 bits per heavy atom. The van der Waals surface area contributed by atoms with Crippen molar-refractivity contribution < 1.29 is 0 Å². The van der Waals surface area contributed by atoms with Gasteiger partial charge in [-0.3, -0.25) is 0 Å². The van der Waals surface area contributed by atoms with Gasteiger partial charge in [0.25, 0.3) is 0 Å². The second-order valence-electron chi connectivity index (χ2n) is 5.27. The Labute approximate surface area is 128 Å². The van der Waals surface area contributed by atoms with Crippen LogP contribution in [0.3, 0.4) is 0 Å². The third-order valence-electron chi connectivity index (χ3n) is 3.52. The van der Waals surface area contributed by atoms with Gasteiger partial charge in [0.05, 0.1) is 17.7 Å². The molecule has 1 aliphatic carbocycles. The van der Waals surface area contributed by atoms with E-state index < -0.39 is 0 Å². The van der Waals surface area contributed by atoms with Crippen molar-refractivity contribution in [3.63, 3.8) is 0 Å². The van der Waals surface area contributed by atoms with Gasteiger partial charge in [-0.05, 0) is 30.5 Å². The largest absolute Gasteiger partial charge is 0.369 e. The normalized spacial score (nSPS) is 14.5. The summed E-state index contributed by atoms with van der Waals surface area (Å²) in [5, 5.41) is 6.40. The van der Waals surface area contributed by atoms with E-state index in [0.717, 1.165) is 29.5 Å². The van der Waals surface area contributed by atoms with Crippen molar-refractivity contribution in [1.82, 2.24) is 10.3 Å². The Kier molecular flexibility index (Phi) is 4.24. The number of nitrogens with zero attached hydrogens (tertiary/aromatic N) is 2. The molecule has 3 nitrogen and oxygen atoms in total. The first-order chi connectivity index (χ1) is 9.72. The zero-order valence-corrected chi connectivity index (χ0v) is 13.0. The fourth-order valence-corrected chi connectivity index (χ4v) is 2.90. The van der Waals surface area contributed by atoms with Crippen LogP contribution in [0.5, 0.6) is 0 Å². The van der Waals surface area contributed by atoms with Gasteiger partial charge in [0.2, 0.25) is 0 Å². The van der Waals surface area contributed by atoms with Gasteiger partial charge in [-0.15, -0.1) is 11.3 Å². The maximum atomic E-state index is 6.38. The number of hydrogen-bond donors (Lipinski definition) is 1. The second-order valence-corrected chi connectivity index (χ2v) is 6.39. The Bertz CT molecular complexity index is 567. The predicted molar refractivity (Wildman–Crippen MR) is 85.5 cm³/mol. The molecule has 1 fully saturated rings. The Morgan fingerprint density at radius 2 is 2.30 bits per heavy atom. The molecule has 1 aliphatic rings. The first-order valence-corrected chi connectivity index (χ1v) is 8.14. The minimum Gasteiger partial charge on any atom is -0.369 e. The molecule has 106 valence electrons. The molecule has 2 aromatic rings. The van der Waals surface area contributed by atoms with Crippen LogP contribution in [0.15, 0.2) is 29.1 Å². The highest BCUT2D eigenvalue weighted by Gasteiger charge is 2.20. The minimum atomic E-state index is 0.707. The van der Waals surface area contributed by atoms with Crippen LogP contribution >= 0.6 is 22.9 Å². The van der Waals surface area contributed by atoms with Crippen molar-refractivity contribution in [2.24, 2.45) is 0 Å². The van der Waals surface area contributed by atoms with Crippen LogP contribution in [0.1, 0.15) is 24.1 Å². The summed E-state index contributed by atoms with van der Waals surface area (Å²) in [6, 6.07) is 6.99. The first-order valence-electron chi connectivity index (χ1n) is 6.82. The summed E-state index contributed by atoms with van der Waals surface area (Å²) in [5.74, 6) is 0. The summed E-state index contributed by atoms with van der Waals surface area (Å²) in [6.07, 6.45) is 2.60. The average molecular weight is 308 g/mol. The summed E-state index contributed by atoms with van der Waals surface area (Å²) >= 11 is 8.00. The third-order valence-corrected chi connectivity index (χ3v) is 4.51. The fraction of sp³-hybridized carbons (Fsp3) is 0.400. The van der Waals surface area contributed by atoms with Gasteiger partial charge in [-0.1, -0.05) is 17.7 Å². The molecule has 0 spiro atoms. The molecule has 20 heavy (non-hydrogen) atoms. The van der Waals surface area contributed by atoms with Crippen LogP contribution in [-0.2, 0) is 13.1 Å². The quantitative estimate of drug-likeness (QED) is 0.882. The lowest BCUT2D eigenvalue weighted by molar-refractivity contribution is 0.688. The molecule has 0 saturated heterocycles. The van der Waals surface area contributed by atoms with Crippen molar-refractivity contribution in [2.75, 3.05) is 11.9 Å². The third kappa shape index (κ3) is 3.51. The first kappa shape index (κ1) is 13.9. The number of halogens is 1. The zero-order chi connectivity index (χ0) is 13.9. The summed E-state index contributed by atoms with van der Waals surface area (Å²) < 4.78 is 0. The van der Waals surface area contributed by atoms with E-state index in [0.29, 0.717) is 6.04 Å². The van der Waals surface area contributed by atoms with E-state index in [1.807, 2.05) is 11.6 Å². The number of aromatic nitrogens is 1. The molecule has 0 aliphatic heterocycles. The predicted octanol–water partition coefficient (Wildman–Crippen LogP) is 3.68. The standard InChI is InChI=1S/C15H18ClN3S/c1-19(8-13-9-20-10-18-13)14-5-2-11(15(16)6-14)7-17-12-3-4-12/h2,5-6,9-10,12,17H,3-4,7-8H2,1H3. The van der Waals surface area contributed by atoms with E-state index in [2.05, 4.69) is 39.8 Å². The number of thiazole rings is 1. The summed E-state index contributed by atoms with van der Waals surface area (Å²) in [6.45, 7) is 1.67. The van der Waals surface area contributed by atoms with E-state index in [9.17, 15) is 0 Å². The van der Waals surface area contributed by atoms with Crippen molar-refractivity contribution in [3.8, 4) is 0 Å². The Balaban J connectivity index is 1.65. The number of anilines is 1. The van der Waals surface area contributed by atoms with Crippen molar-refractivity contribution >= 4 is 28.6 Å². The average Bonchev–Trinajstić information content (AvgIpc) is 3.13. The van der Waals surface area contributed by atoms with E-state index in [-0.39, 0.29) is 0 Å². The molecule has 0 atom stereocenters. The van der Waals surface area contributed by atoms with Crippen LogP contribution < -0.4 is 10.2 Å². The van der Waals surface area contributed by atoms with Gasteiger partial charge in [-0.2, -0.15) is 0 Å². The van der Waals surface area contributed by atoms with Gasteiger partial charge in [0.1, 0.15) is 0 Å². The highest BCUT2D eigenvalue weighted by molar-refractivity contribution is 7.07. The minimum absolute atomic E-state index is 0.707. The number of nitrogens with one attached hydrogen (secondary N) is 1. The molecule has 1 aromatic heterocycles.